The second-order valence-corrected chi connectivity index (χ2v) is 5.09. The van der Waals surface area contributed by atoms with Crippen LogP contribution in [0.3, 0.4) is 0 Å². The first-order valence-electron chi connectivity index (χ1n) is 6.30. The lowest BCUT2D eigenvalue weighted by Crippen LogP contribution is -2.02. The van der Waals surface area contributed by atoms with Crippen LogP contribution in [0.5, 0.6) is 0 Å². The molecule has 1 N–H and O–H groups in total. The molecule has 3 rings (SSSR count). The van der Waals surface area contributed by atoms with Crippen molar-refractivity contribution in [2.45, 2.75) is 6.92 Å². The number of hydrogen-bond donors (Lipinski definition) is 1. The van der Waals surface area contributed by atoms with Crippen LogP contribution in [-0.4, -0.2) is 0 Å². The van der Waals surface area contributed by atoms with E-state index in [1.165, 1.54) is 18.2 Å². The molecule has 3 aromatic rings. The van der Waals surface area contributed by atoms with Gasteiger partial charge in [-0.25, -0.2) is 9.18 Å². The fraction of sp³-hybridized carbons (Fsp3) is 0.0625. The van der Waals surface area contributed by atoms with Crippen LogP contribution in [0.1, 0.15) is 5.56 Å². The lowest BCUT2D eigenvalue weighted by molar-refractivity contribution is 0.559. The largest absolute Gasteiger partial charge is 0.422 e. The Bertz CT molecular complexity index is 889. The van der Waals surface area contributed by atoms with Gasteiger partial charge in [-0.15, -0.1) is 0 Å². The fourth-order valence-electron chi connectivity index (χ4n) is 2.16. The van der Waals surface area contributed by atoms with Crippen LogP contribution in [0.2, 0.25) is 5.02 Å². The first kappa shape index (κ1) is 13.6. The number of hydrogen-bond acceptors (Lipinski definition) is 3. The van der Waals surface area contributed by atoms with Crippen LogP contribution in [0.15, 0.2) is 51.7 Å². The molecule has 21 heavy (non-hydrogen) atoms. The molecule has 0 aliphatic heterocycles. The van der Waals surface area contributed by atoms with E-state index in [2.05, 4.69) is 5.32 Å². The zero-order chi connectivity index (χ0) is 15.0. The molecule has 0 saturated carbocycles. The molecule has 0 bridgehead atoms. The SMILES string of the molecule is Cc1cccc2c(Nc3ccc(F)c(Cl)c3)cc(=O)oc12. The van der Waals surface area contributed by atoms with Gasteiger partial charge < -0.3 is 9.73 Å². The molecular weight excluding hydrogens is 293 g/mol. The maximum Gasteiger partial charge on any atom is 0.338 e. The topological polar surface area (TPSA) is 42.2 Å². The van der Waals surface area contributed by atoms with E-state index in [0.717, 1.165) is 10.9 Å². The highest BCUT2D eigenvalue weighted by Crippen LogP contribution is 2.28. The van der Waals surface area contributed by atoms with E-state index in [0.29, 0.717) is 17.0 Å². The minimum Gasteiger partial charge on any atom is -0.422 e. The average molecular weight is 304 g/mol. The summed E-state index contributed by atoms with van der Waals surface area (Å²) >= 11 is 5.76. The highest BCUT2D eigenvalue weighted by atomic mass is 35.5. The minimum atomic E-state index is -0.490. The molecule has 0 spiro atoms. The average Bonchev–Trinajstić information content (AvgIpc) is 2.44. The Hall–Kier alpha value is -2.33. The Morgan fingerprint density at radius 1 is 1.19 bits per heavy atom. The molecule has 0 fully saturated rings. The highest BCUT2D eigenvalue weighted by Gasteiger charge is 2.08. The summed E-state index contributed by atoms with van der Waals surface area (Å²) in [6.45, 7) is 1.86. The molecule has 0 saturated heterocycles. The van der Waals surface area contributed by atoms with Gasteiger partial charge in [0.1, 0.15) is 11.4 Å². The number of aryl methyl sites for hydroxylation is 1. The normalized spacial score (nSPS) is 10.8. The van der Waals surface area contributed by atoms with E-state index in [1.54, 1.807) is 6.07 Å². The lowest BCUT2D eigenvalue weighted by atomic mass is 10.1. The van der Waals surface area contributed by atoms with Crippen molar-refractivity contribution in [3.63, 3.8) is 0 Å². The molecule has 0 radical (unpaired) electrons. The summed E-state index contributed by atoms with van der Waals surface area (Å²) in [6.07, 6.45) is 0. The third-order valence-electron chi connectivity index (χ3n) is 3.17. The van der Waals surface area contributed by atoms with Crippen molar-refractivity contribution in [3.8, 4) is 0 Å². The molecule has 106 valence electrons. The van der Waals surface area contributed by atoms with Crippen molar-refractivity contribution < 1.29 is 8.81 Å². The molecule has 0 aliphatic rings. The number of benzene rings is 2. The molecule has 0 amide bonds. The predicted octanol–water partition coefficient (Wildman–Crippen LogP) is 4.64. The standard InChI is InChI=1S/C16H11ClFNO2/c1-9-3-2-4-11-14(8-15(20)21-16(9)11)19-10-5-6-13(18)12(17)7-10/h2-8,19H,1H3. The molecule has 2 aromatic carbocycles. The second kappa shape index (κ2) is 5.22. The Labute approximate surface area is 125 Å². The van der Waals surface area contributed by atoms with E-state index in [-0.39, 0.29) is 5.02 Å². The van der Waals surface area contributed by atoms with Crippen molar-refractivity contribution in [2.75, 3.05) is 5.32 Å². The van der Waals surface area contributed by atoms with Gasteiger partial charge >= 0.3 is 5.63 Å². The smallest absolute Gasteiger partial charge is 0.338 e. The Balaban J connectivity index is 2.14. The van der Waals surface area contributed by atoms with Gasteiger partial charge in [-0.05, 0) is 36.8 Å². The van der Waals surface area contributed by atoms with Crippen LogP contribution >= 0.6 is 11.6 Å². The number of halogens is 2. The second-order valence-electron chi connectivity index (χ2n) is 4.68. The molecule has 1 heterocycles. The van der Waals surface area contributed by atoms with Crippen LogP contribution in [0.25, 0.3) is 11.0 Å². The van der Waals surface area contributed by atoms with E-state index in [4.69, 9.17) is 16.0 Å². The van der Waals surface area contributed by atoms with Crippen molar-refractivity contribution in [3.05, 3.63) is 69.3 Å². The van der Waals surface area contributed by atoms with Crippen LogP contribution in [0, 0.1) is 12.7 Å². The minimum absolute atomic E-state index is 0.0171. The van der Waals surface area contributed by atoms with Crippen molar-refractivity contribution >= 4 is 33.9 Å². The quantitative estimate of drug-likeness (QED) is 0.701. The Morgan fingerprint density at radius 2 is 2.00 bits per heavy atom. The van der Waals surface area contributed by atoms with Crippen LogP contribution in [0.4, 0.5) is 15.8 Å². The third-order valence-corrected chi connectivity index (χ3v) is 3.46. The monoisotopic (exact) mass is 303 g/mol. The van der Waals surface area contributed by atoms with E-state index in [1.807, 2.05) is 25.1 Å². The Kier molecular flexibility index (Phi) is 3.39. The lowest BCUT2D eigenvalue weighted by Gasteiger charge is -2.10. The maximum absolute atomic E-state index is 13.2. The summed E-state index contributed by atoms with van der Waals surface area (Å²) in [5.41, 5.74) is 2.13. The third kappa shape index (κ3) is 2.62. The summed E-state index contributed by atoms with van der Waals surface area (Å²) in [7, 11) is 0. The van der Waals surface area contributed by atoms with Gasteiger partial charge in [0.25, 0.3) is 0 Å². The molecule has 3 nitrogen and oxygen atoms in total. The summed E-state index contributed by atoms with van der Waals surface area (Å²) in [5.74, 6) is -0.490. The van der Waals surface area contributed by atoms with Gasteiger partial charge in [-0.3, -0.25) is 0 Å². The van der Waals surface area contributed by atoms with Gasteiger partial charge in [-0.2, -0.15) is 0 Å². The van der Waals surface area contributed by atoms with Gasteiger partial charge in [0.2, 0.25) is 0 Å². The van der Waals surface area contributed by atoms with Gasteiger partial charge in [0.15, 0.2) is 0 Å². The Morgan fingerprint density at radius 3 is 2.76 bits per heavy atom. The zero-order valence-corrected chi connectivity index (χ0v) is 11.9. The highest BCUT2D eigenvalue weighted by molar-refractivity contribution is 6.31. The van der Waals surface area contributed by atoms with Crippen molar-refractivity contribution in [1.82, 2.24) is 0 Å². The summed E-state index contributed by atoms with van der Waals surface area (Å²) in [5, 5.41) is 3.86. The summed E-state index contributed by atoms with van der Waals surface area (Å²) in [4.78, 5) is 11.7. The van der Waals surface area contributed by atoms with E-state index < -0.39 is 11.4 Å². The van der Waals surface area contributed by atoms with Crippen molar-refractivity contribution in [2.24, 2.45) is 0 Å². The van der Waals surface area contributed by atoms with E-state index >= 15 is 0 Å². The first-order chi connectivity index (χ1) is 10.0. The summed E-state index contributed by atoms with van der Waals surface area (Å²) < 4.78 is 18.4. The molecule has 0 unspecified atom stereocenters. The maximum atomic E-state index is 13.2. The first-order valence-corrected chi connectivity index (χ1v) is 6.68. The molecule has 1 aromatic heterocycles. The molecular formula is C16H11ClFNO2. The summed E-state index contributed by atoms with van der Waals surface area (Å²) in [6, 6.07) is 11.2. The molecule has 0 aliphatic carbocycles. The van der Waals surface area contributed by atoms with Gasteiger partial charge in [-0.1, -0.05) is 23.7 Å². The van der Waals surface area contributed by atoms with E-state index in [9.17, 15) is 9.18 Å². The number of anilines is 2. The molecule has 5 heteroatoms. The number of nitrogens with one attached hydrogen (secondary N) is 1. The van der Waals surface area contributed by atoms with Crippen LogP contribution in [-0.2, 0) is 0 Å². The fourth-order valence-corrected chi connectivity index (χ4v) is 2.34. The van der Waals surface area contributed by atoms with Gasteiger partial charge in [0.05, 0.1) is 10.7 Å². The predicted molar refractivity (Wildman–Crippen MR) is 81.9 cm³/mol. The molecule has 0 atom stereocenters. The number of rotatable bonds is 2. The van der Waals surface area contributed by atoms with Crippen LogP contribution < -0.4 is 10.9 Å². The number of para-hydroxylation sites is 1. The van der Waals surface area contributed by atoms with Gasteiger partial charge in [0, 0.05) is 17.1 Å². The van der Waals surface area contributed by atoms with Crippen molar-refractivity contribution in [1.29, 1.82) is 0 Å². The number of fused-ring (bicyclic) bond motifs is 1. The zero-order valence-electron chi connectivity index (χ0n) is 11.1.